The standard InChI is InChI=1S/C31H27ClN8OS3/c32-22-15-14-20(29-37-35-26-13-5-2-8-16-39(26)29)17-24(22)33-28(41)19-42-30-38-36-27(40(30)21-9-3-1-4-10-21)18-43-31-34-23-11-6-7-12-25(23)44-31/h1,3-4,6-7,9-12,14-15,17H,2,5,8,13,16,18-19H2,(H,33,41). The van der Waals surface area contributed by atoms with Crippen molar-refractivity contribution in [2.75, 3.05) is 11.1 Å². The van der Waals surface area contributed by atoms with Gasteiger partial charge in [-0.05, 0) is 55.3 Å². The smallest absolute Gasteiger partial charge is 0.234 e. The molecule has 44 heavy (non-hydrogen) atoms. The molecule has 222 valence electrons. The highest BCUT2D eigenvalue weighted by atomic mass is 35.5. The third kappa shape index (κ3) is 6.25. The minimum atomic E-state index is -0.192. The van der Waals surface area contributed by atoms with Crippen molar-refractivity contribution in [2.45, 2.75) is 47.5 Å². The first kappa shape index (κ1) is 29.0. The van der Waals surface area contributed by atoms with Gasteiger partial charge < -0.3 is 9.88 Å². The Bertz CT molecular complexity index is 1900. The molecule has 13 heteroatoms. The maximum atomic E-state index is 13.2. The van der Waals surface area contributed by atoms with Crippen LogP contribution in [0, 0.1) is 0 Å². The molecule has 4 heterocycles. The van der Waals surface area contributed by atoms with Gasteiger partial charge in [-0.2, -0.15) is 0 Å². The van der Waals surface area contributed by atoms with Crippen molar-refractivity contribution in [3.05, 3.63) is 89.5 Å². The lowest BCUT2D eigenvalue weighted by Gasteiger charge is -2.12. The van der Waals surface area contributed by atoms with Crippen LogP contribution in [-0.4, -0.2) is 46.2 Å². The van der Waals surface area contributed by atoms with E-state index in [1.54, 1.807) is 29.2 Å². The van der Waals surface area contributed by atoms with E-state index in [0.29, 0.717) is 21.6 Å². The Hall–Kier alpha value is -3.71. The second-order valence-electron chi connectivity index (χ2n) is 10.2. The van der Waals surface area contributed by atoms with Crippen LogP contribution in [0.15, 0.2) is 82.3 Å². The van der Waals surface area contributed by atoms with E-state index in [1.807, 2.05) is 65.2 Å². The van der Waals surface area contributed by atoms with Crippen LogP contribution in [0.2, 0.25) is 5.02 Å². The zero-order valence-electron chi connectivity index (χ0n) is 23.5. The summed E-state index contributed by atoms with van der Waals surface area (Å²) >= 11 is 11.1. The average molecular weight is 659 g/mol. The van der Waals surface area contributed by atoms with E-state index in [9.17, 15) is 4.79 Å². The van der Waals surface area contributed by atoms with E-state index in [0.717, 1.165) is 69.1 Å². The van der Waals surface area contributed by atoms with E-state index in [2.05, 4.69) is 36.3 Å². The molecule has 9 nitrogen and oxygen atoms in total. The van der Waals surface area contributed by atoms with Gasteiger partial charge >= 0.3 is 0 Å². The number of aryl methyl sites for hydroxylation is 1. The number of thiazole rings is 1. The van der Waals surface area contributed by atoms with Crippen LogP contribution in [0.4, 0.5) is 5.69 Å². The number of amides is 1. The molecule has 0 saturated heterocycles. The molecule has 0 unspecified atom stereocenters. The molecule has 1 aliphatic heterocycles. The first-order chi connectivity index (χ1) is 21.6. The summed E-state index contributed by atoms with van der Waals surface area (Å²) < 4.78 is 6.32. The number of nitrogens with one attached hydrogen (secondary N) is 1. The minimum Gasteiger partial charge on any atom is -0.324 e. The predicted octanol–water partition coefficient (Wildman–Crippen LogP) is 7.54. The second kappa shape index (κ2) is 13.1. The molecular weight excluding hydrogens is 632 g/mol. The van der Waals surface area contributed by atoms with Crippen LogP contribution in [0.3, 0.4) is 0 Å². The Kier molecular flexibility index (Phi) is 8.65. The summed E-state index contributed by atoms with van der Waals surface area (Å²) in [5.41, 5.74) is 3.34. The number of anilines is 1. The number of hydrogen-bond acceptors (Lipinski definition) is 9. The number of fused-ring (bicyclic) bond motifs is 2. The molecule has 6 aromatic rings. The van der Waals surface area contributed by atoms with Gasteiger partial charge in [0.25, 0.3) is 0 Å². The highest BCUT2D eigenvalue weighted by Gasteiger charge is 2.19. The fourth-order valence-electron chi connectivity index (χ4n) is 5.14. The van der Waals surface area contributed by atoms with E-state index in [4.69, 9.17) is 16.6 Å². The van der Waals surface area contributed by atoms with Crippen LogP contribution < -0.4 is 5.32 Å². The number of nitrogens with zero attached hydrogens (tertiary/aromatic N) is 7. The van der Waals surface area contributed by atoms with Gasteiger partial charge in [0, 0.05) is 24.2 Å². The summed E-state index contributed by atoms with van der Waals surface area (Å²) in [6.07, 6.45) is 4.34. The first-order valence-electron chi connectivity index (χ1n) is 14.2. The monoisotopic (exact) mass is 658 g/mol. The average Bonchev–Trinajstić information content (AvgIpc) is 3.72. The van der Waals surface area contributed by atoms with Crippen LogP contribution in [0.5, 0.6) is 0 Å². The number of carbonyl (C=O) groups excluding carboxylic acids is 1. The van der Waals surface area contributed by atoms with Gasteiger partial charge in [-0.25, -0.2) is 4.98 Å². The summed E-state index contributed by atoms with van der Waals surface area (Å²) in [5, 5.41) is 21.9. The van der Waals surface area contributed by atoms with Crippen LogP contribution >= 0.6 is 46.5 Å². The topological polar surface area (TPSA) is 103 Å². The molecule has 0 aliphatic carbocycles. The Morgan fingerprint density at radius 2 is 1.80 bits per heavy atom. The number of halogens is 1. The molecule has 0 spiro atoms. The number of hydrogen-bond donors (Lipinski definition) is 1. The summed E-state index contributed by atoms with van der Waals surface area (Å²) in [4.78, 5) is 17.9. The van der Waals surface area contributed by atoms with E-state index in [1.165, 1.54) is 18.2 Å². The third-order valence-corrected chi connectivity index (χ3v) is 10.7. The van der Waals surface area contributed by atoms with Crippen molar-refractivity contribution in [3.63, 3.8) is 0 Å². The lowest BCUT2D eigenvalue weighted by Crippen LogP contribution is -2.15. The lowest BCUT2D eigenvalue weighted by atomic mass is 10.2. The van der Waals surface area contributed by atoms with Gasteiger partial charge in [-0.1, -0.05) is 71.9 Å². The van der Waals surface area contributed by atoms with Crippen molar-refractivity contribution in [2.24, 2.45) is 0 Å². The summed E-state index contributed by atoms with van der Waals surface area (Å²) in [6, 6.07) is 23.6. The van der Waals surface area contributed by atoms with Gasteiger partial charge in [-0.3, -0.25) is 9.36 Å². The number of para-hydroxylation sites is 2. The van der Waals surface area contributed by atoms with Gasteiger partial charge in [-0.15, -0.1) is 31.7 Å². The number of benzene rings is 3. The summed E-state index contributed by atoms with van der Waals surface area (Å²) in [7, 11) is 0. The predicted molar refractivity (Wildman–Crippen MR) is 178 cm³/mol. The Labute approximate surface area is 271 Å². The maximum absolute atomic E-state index is 13.2. The van der Waals surface area contributed by atoms with E-state index < -0.39 is 0 Å². The lowest BCUT2D eigenvalue weighted by molar-refractivity contribution is -0.113. The second-order valence-corrected chi connectivity index (χ2v) is 13.8. The molecule has 3 aromatic heterocycles. The van der Waals surface area contributed by atoms with Crippen LogP contribution in [0.25, 0.3) is 27.3 Å². The number of thioether (sulfide) groups is 2. The highest BCUT2D eigenvalue weighted by molar-refractivity contribution is 8.00. The van der Waals surface area contributed by atoms with Crippen molar-refractivity contribution in [3.8, 4) is 17.1 Å². The molecule has 1 amide bonds. The normalized spacial score (nSPS) is 13.1. The molecule has 0 atom stereocenters. The largest absolute Gasteiger partial charge is 0.324 e. The highest BCUT2D eigenvalue weighted by Crippen LogP contribution is 2.33. The summed E-state index contributed by atoms with van der Waals surface area (Å²) in [6.45, 7) is 0.891. The van der Waals surface area contributed by atoms with Gasteiger partial charge in [0.1, 0.15) is 11.6 Å². The summed E-state index contributed by atoms with van der Waals surface area (Å²) in [5.74, 6) is 3.12. The van der Waals surface area contributed by atoms with E-state index >= 15 is 0 Å². The molecule has 0 radical (unpaired) electrons. The molecule has 0 saturated carbocycles. The van der Waals surface area contributed by atoms with Crippen LogP contribution in [0.1, 0.15) is 30.9 Å². The molecule has 1 N–H and O–H groups in total. The number of aromatic nitrogens is 7. The van der Waals surface area contributed by atoms with Crippen LogP contribution in [-0.2, 0) is 23.5 Å². The molecule has 1 aliphatic rings. The van der Waals surface area contributed by atoms with Crippen molar-refractivity contribution in [1.82, 2.24) is 34.5 Å². The molecule has 3 aromatic carbocycles. The fraction of sp³-hybridized carbons (Fsp3) is 0.226. The molecular formula is C31H27ClN8OS3. The Morgan fingerprint density at radius 1 is 0.932 bits per heavy atom. The first-order valence-corrected chi connectivity index (χ1v) is 17.4. The third-order valence-electron chi connectivity index (χ3n) is 7.25. The fourth-order valence-corrected chi connectivity index (χ4v) is 8.05. The number of rotatable bonds is 9. The minimum absolute atomic E-state index is 0.136. The zero-order chi connectivity index (χ0) is 29.9. The Balaban J connectivity index is 1.06. The number of carbonyl (C=O) groups is 1. The zero-order valence-corrected chi connectivity index (χ0v) is 26.7. The van der Waals surface area contributed by atoms with E-state index in [-0.39, 0.29) is 11.7 Å². The SMILES string of the molecule is O=C(CSc1nnc(CSc2nc3ccccc3s2)n1-c1ccccc1)Nc1cc(-c2nnc3n2CCCCC3)ccc1Cl. The van der Waals surface area contributed by atoms with Crippen molar-refractivity contribution >= 4 is 68.3 Å². The molecule has 0 fully saturated rings. The van der Waals surface area contributed by atoms with Gasteiger partial charge in [0.2, 0.25) is 5.91 Å². The molecule has 7 rings (SSSR count). The maximum Gasteiger partial charge on any atom is 0.234 e. The quantitative estimate of drug-likeness (QED) is 0.159. The molecule has 0 bridgehead atoms. The van der Waals surface area contributed by atoms with Gasteiger partial charge in [0.05, 0.1) is 32.4 Å². The van der Waals surface area contributed by atoms with Crippen molar-refractivity contribution in [1.29, 1.82) is 0 Å². The Morgan fingerprint density at radius 3 is 2.68 bits per heavy atom. The van der Waals surface area contributed by atoms with Gasteiger partial charge in [0.15, 0.2) is 15.3 Å². The van der Waals surface area contributed by atoms with Crippen molar-refractivity contribution < 1.29 is 4.79 Å².